The molecule has 3 rings (SSSR count). The summed E-state index contributed by atoms with van der Waals surface area (Å²) in [7, 11) is 0. The van der Waals surface area contributed by atoms with Crippen LogP contribution in [0.2, 0.25) is 0 Å². The van der Waals surface area contributed by atoms with Gasteiger partial charge in [0.25, 0.3) is 0 Å². The number of anilines is 1. The predicted octanol–water partition coefficient (Wildman–Crippen LogP) is 2.24. The van der Waals surface area contributed by atoms with Crippen molar-refractivity contribution >= 4 is 11.7 Å². The van der Waals surface area contributed by atoms with Gasteiger partial charge in [-0.1, -0.05) is 0 Å². The van der Waals surface area contributed by atoms with E-state index in [0.29, 0.717) is 31.4 Å². The third-order valence-corrected chi connectivity index (χ3v) is 4.40. The number of pyridine rings is 1. The average molecular weight is 306 g/mol. The summed E-state index contributed by atoms with van der Waals surface area (Å²) in [5, 5.41) is 0. The summed E-state index contributed by atoms with van der Waals surface area (Å²) in [6.07, 6.45) is 3.58. The van der Waals surface area contributed by atoms with Gasteiger partial charge in [-0.2, -0.15) is 0 Å². The Bertz CT molecular complexity index is 545. The van der Waals surface area contributed by atoms with E-state index in [9.17, 15) is 4.79 Å². The quantitative estimate of drug-likeness (QED) is 0.862. The minimum Gasteiger partial charge on any atom is -0.461 e. The molecule has 1 aliphatic heterocycles. The molecule has 0 amide bonds. The zero-order chi connectivity index (χ0) is 15.6. The monoisotopic (exact) mass is 306 g/mol. The lowest BCUT2D eigenvalue weighted by atomic mass is 9.83. The number of carbonyl (C=O) groups excluding carboxylic acids is 1. The number of hydrogen-bond acceptors (Lipinski definition) is 6. The van der Waals surface area contributed by atoms with Crippen LogP contribution in [0.4, 0.5) is 5.69 Å². The van der Waals surface area contributed by atoms with Crippen LogP contribution in [0.15, 0.2) is 12.1 Å². The third kappa shape index (κ3) is 2.94. The second-order valence-corrected chi connectivity index (χ2v) is 5.78. The van der Waals surface area contributed by atoms with Crippen LogP contribution in [0.3, 0.4) is 0 Å². The van der Waals surface area contributed by atoms with E-state index in [0.717, 1.165) is 31.4 Å². The molecule has 22 heavy (non-hydrogen) atoms. The summed E-state index contributed by atoms with van der Waals surface area (Å²) < 4.78 is 16.5. The smallest absolute Gasteiger partial charge is 0.359 e. The van der Waals surface area contributed by atoms with E-state index in [1.54, 1.807) is 13.0 Å². The first kappa shape index (κ1) is 15.2. The first-order chi connectivity index (χ1) is 10.6. The van der Waals surface area contributed by atoms with Gasteiger partial charge in [0.15, 0.2) is 11.5 Å². The first-order valence-electron chi connectivity index (χ1n) is 7.85. The lowest BCUT2D eigenvalue weighted by molar-refractivity contribution is -0.178. The van der Waals surface area contributed by atoms with Gasteiger partial charge in [-0.15, -0.1) is 0 Å². The van der Waals surface area contributed by atoms with Crippen molar-refractivity contribution in [1.29, 1.82) is 0 Å². The van der Waals surface area contributed by atoms with Gasteiger partial charge in [-0.05, 0) is 31.9 Å². The van der Waals surface area contributed by atoms with Crippen molar-refractivity contribution in [3.05, 3.63) is 23.5 Å². The zero-order valence-corrected chi connectivity index (χ0v) is 12.8. The number of nitrogens with zero attached hydrogens (tertiary/aromatic N) is 1. The van der Waals surface area contributed by atoms with Crippen LogP contribution in [0.1, 0.15) is 54.7 Å². The van der Waals surface area contributed by atoms with E-state index in [2.05, 4.69) is 4.98 Å². The summed E-state index contributed by atoms with van der Waals surface area (Å²) >= 11 is 0. The lowest BCUT2D eigenvalue weighted by Crippen LogP contribution is -2.34. The number of ether oxygens (including phenoxy) is 3. The second-order valence-electron chi connectivity index (χ2n) is 5.78. The number of aromatic nitrogens is 1. The SMILES string of the molecule is CCOC(=O)c1nc(C2CCC3(CC2)OCCO3)ccc1N. The molecule has 120 valence electrons. The van der Waals surface area contributed by atoms with Gasteiger partial charge < -0.3 is 19.9 Å². The standard InChI is InChI=1S/C16H22N2O4/c1-2-20-15(19)14-12(17)3-4-13(18-14)11-5-7-16(8-6-11)21-9-10-22-16/h3-4,11H,2,5-10,17H2,1H3. The Hall–Kier alpha value is -1.66. The Balaban J connectivity index is 1.73. The maximum atomic E-state index is 11.9. The Morgan fingerprint density at radius 3 is 2.68 bits per heavy atom. The van der Waals surface area contributed by atoms with Gasteiger partial charge in [0.1, 0.15) is 0 Å². The molecule has 1 spiro atoms. The van der Waals surface area contributed by atoms with Gasteiger partial charge in [-0.25, -0.2) is 9.78 Å². The molecule has 6 heteroatoms. The van der Waals surface area contributed by atoms with Crippen LogP contribution in [0.5, 0.6) is 0 Å². The van der Waals surface area contributed by atoms with Crippen molar-refractivity contribution in [1.82, 2.24) is 4.98 Å². The van der Waals surface area contributed by atoms with Crippen LogP contribution in [0.25, 0.3) is 0 Å². The highest BCUT2D eigenvalue weighted by molar-refractivity contribution is 5.92. The second kappa shape index (κ2) is 6.22. The van der Waals surface area contributed by atoms with Gasteiger partial charge in [0.2, 0.25) is 0 Å². The molecule has 2 heterocycles. The topological polar surface area (TPSA) is 83.7 Å². The Morgan fingerprint density at radius 1 is 1.36 bits per heavy atom. The van der Waals surface area contributed by atoms with E-state index in [1.807, 2.05) is 6.07 Å². The van der Waals surface area contributed by atoms with Crippen molar-refractivity contribution in [2.45, 2.75) is 44.3 Å². The summed E-state index contributed by atoms with van der Waals surface area (Å²) in [6, 6.07) is 3.64. The van der Waals surface area contributed by atoms with Crippen molar-refractivity contribution in [3.8, 4) is 0 Å². The Kier molecular flexibility index (Phi) is 4.31. The molecule has 0 unspecified atom stereocenters. The minimum atomic E-state index is -0.461. The molecule has 0 radical (unpaired) electrons. The first-order valence-corrected chi connectivity index (χ1v) is 7.85. The van der Waals surface area contributed by atoms with Gasteiger partial charge in [0, 0.05) is 24.5 Å². The molecule has 1 aromatic heterocycles. The van der Waals surface area contributed by atoms with E-state index in [4.69, 9.17) is 19.9 Å². The number of carbonyl (C=O) groups is 1. The lowest BCUT2D eigenvalue weighted by Gasteiger charge is -2.35. The summed E-state index contributed by atoms with van der Waals surface area (Å²) in [6.45, 7) is 3.43. The highest BCUT2D eigenvalue weighted by Crippen LogP contribution is 2.42. The van der Waals surface area contributed by atoms with Crippen LogP contribution in [-0.4, -0.2) is 36.6 Å². The molecule has 2 N–H and O–H groups in total. The maximum absolute atomic E-state index is 11.9. The molecule has 1 saturated heterocycles. The summed E-state index contributed by atoms with van der Waals surface area (Å²) in [5.41, 5.74) is 7.31. The van der Waals surface area contributed by atoms with Crippen molar-refractivity contribution in [2.75, 3.05) is 25.6 Å². The molecule has 6 nitrogen and oxygen atoms in total. The highest BCUT2D eigenvalue weighted by Gasteiger charge is 2.40. The fourth-order valence-corrected chi connectivity index (χ4v) is 3.21. The molecular formula is C16H22N2O4. The van der Waals surface area contributed by atoms with Crippen LogP contribution in [-0.2, 0) is 14.2 Å². The normalized spacial score (nSPS) is 21.1. The highest BCUT2D eigenvalue weighted by atomic mass is 16.7. The van der Waals surface area contributed by atoms with Crippen molar-refractivity contribution in [3.63, 3.8) is 0 Å². The molecule has 1 aliphatic carbocycles. The molecule has 2 aliphatic rings. The molecule has 2 fully saturated rings. The molecule has 1 saturated carbocycles. The fourth-order valence-electron chi connectivity index (χ4n) is 3.21. The predicted molar refractivity (Wildman–Crippen MR) is 80.4 cm³/mol. The number of nitrogens with two attached hydrogens (primary N) is 1. The summed E-state index contributed by atoms with van der Waals surface area (Å²) in [4.78, 5) is 16.3. The van der Waals surface area contributed by atoms with Crippen LogP contribution in [0, 0.1) is 0 Å². The molecule has 1 aromatic rings. The number of nitrogen functional groups attached to an aromatic ring is 1. The Labute approximate surface area is 129 Å². The molecular weight excluding hydrogens is 284 g/mol. The Morgan fingerprint density at radius 2 is 2.05 bits per heavy atom. The largest absolute Gasteiger partial charge is 0.461 e. The third-order valence-electron chi connectivity index (χ3n) is 4.40. The van der Waals surface area contributed by atoms with E-state index in [1.165, 1.54) is 0 Å². The zero-order valence-electron chi connectivity index (χ0n) is 12.8. The van der Waals surface area contributed by atoms with E-state index >= 15 is 0 Å². The molecule has 0 atom stereocenters. The van der Waals surface area contributed by atoms with E-state index in [-0.39, 0.29) is 11.5 Å². The average Bonchev–Trinajstić information content (AvgIpc) is 2.97. The summed E-state index contributed by atoms with van der Waals surface area (Å²) in [5.74, 6) is -0.544. The van der Waals surface area contributed by atoms with Crippen LogP contribution >= 0.6 is 0 Å². The molecule has 0 aromatic carbocycles. The maximum Gasteiger partial charge on any atom is 0.359 e. The van der Waals surface area contributed by atoms with Crippen molar-refractivity contribution < 1.29 is 19.0 Å². The number of rotatable bonds is 3. The fraction of sp³-hybridized carbons (Fsp3) is 0.625. The van der Waals surface area contributed by atoms with Gasteiger partial charge in [-0.3, -0.25) is 0 Å². The molecule has 0 bridgehead atoms. The minimum absolute atomic E-state index is 0.216. The number of esters is 1. The van der Waals surface area contributed by atoms with Gasteiger partial charge in [0.05, 0.1) is 25.5 Å². The van der Waals surface area contributed by atoms with E-state index < -0.39 is 5.97 Å². The van der Waals surface area contributed by atoms with Crippen LogP contribution < -0.4 is 5.73 Å². The number of hydrogen-bond donors (Lipinski definition) is 1. The van der Waals surface area contributed by atoms with Crippen molar-refractivity contribution in [2.24, 2.45) is 0 Å². The van der Waals surface area contributed by atoms with Gasteiger partial charge >= 0.3 is 5.97 Å².